The van der Waals surface area contributed by atoms with Gasteiger partial charge in [-0.3, -0.25) is 0 Å². The summed E-state index contributed by atoms with van der Waals surface area (Å²) >= 11 is 0. The maximum atomic E-state index is 4.45. The van der Waals surface area contributed by atoms with E-state index in [4.69, 9.17) is 0 Å². The number of nitrogens with one attached hydrogen (secondary N) is 1. The molecule has 1 N–H and O–H groups in total. The summed E-state index contributed by atoms with van der Waals surface area (Å²) in [7, 11) is 0. The van der Waals surface area contributed by atoms with Gasteiger partial charge in [0.15, 0.2) is 0 Å². The molecule has 1 aliphatic rings. The van der Waals surface area contributed by atoms with Crippen LogP contribution >= 0.6 is 0 Å². The molecular formula is C14H25N3. The highest BCUT2D eigenvalue weighted by atomic mass is 15.1. The Kier molecular flexibility index (Phi) is 4.21. The highest BCUT2D eigenvalue weighted by Gasteiger charge is 2.17. The van der Waals surface area contributed by atoms with Crippen LogP contribution in [0.5, 0.6) is 0 Å². The fraction of sp³-hybridized carbons (Fsp3) is 0.786. The molecule has 0 saturated heterocycles. The Morgan fingerprint density at radius 2 is 2.06 bits per heavy atom. The molecule has 0 radical (unpaired) electrons. The van der Waals surface area contributed by atoms with Gasteiger partial charge in [-0.05, 0) is 19.8 Å². The second-order valence-corrected chi connectivity index (χ2v) is 5.59. The molecule has 1 saturated carbocycles. The van der Waals surface area contributed by atoms with Crippen molar-refractivity contribution in [2.24, 2.45) is 0 Å². The highest BCUT2D eigenvalue weighted by molar-refractivity contribution is 4.99. The van der Waals surface area contributed by atoms with Crippen LogP contribution < -0.4 is 5.32 Å². The lowest BCUT2D eigenvalue weighted by Gasteiger charge is -2.21. The van der Waals surface area contributed by atoms with Crippen LogP contribution in [0.15, 0.2) is 12.4 Å². The molecule has 1 aromatic heterocycles. The Morgan fingerprint density at radius 1 is 1.35 bits per heavy atom. The Morgan fingerprint density at radius 3 is 2.71 bits per heavy atom. The monoisotopic (exact) mass is 235 g/mol. The molecule has 3 heteroatoms. The molecule has 3 nitrogen and oxygen atoms in total. The molecule has 0 spiro atoms. The summed E-state index contributed by atoms with van der Waals surface area (Å²) in [6.45, 7) is 7.74. The topological polar surface area (TPSA) is 29.9 Å². The molecule has 1 heterocycles. The molecule has 1 fully saturated rings. The minimum atomic E-state index is 0.496. The van der Waals surface area contributed by atoms with Gasteiger partial charge < -0.3 is 9.88 Å². The van der Waals surface area contributed by atoms with Crippen LogP contribution in [0.1, 0.15) is 64.2 Å². The molecule has 1 atom stereocenters. The summed E-state index contributed by atoms with van der Waals surface area (Å²) in [5.41, 5.74) is 0. The number of aromatic nitrogens is 2. The van der Waals surface area contributed by atoms with E-state index in [1.807, 2.05) is 6.20 Å². The number of nitrogens with zero attached hydrogens (tertiary/aromatic N) is 2. The predicted octanol–water partition coefficient (Wildman–Crippen LogP) is 3.10. The van der Waals surface area contributed by atoms with Crippen molar-refractivity contribution in [1.29, 1.82) is 0 Å². The van der Waals surface area contributed by atoms with Gasteiger partial charge >= 0.3 is 0 Å². The number of rotatable bonds is 5. The molecule has 0 aliphatic heterocycles. The van der Waals surface area contributed by atoms with E-state index in [0.717, 1.165) is 12.6 Å². The van der Waals surface area contributed by atoms with E-state index in [9.17, 15) is 0 Å². The summed E-state index contributed by atoms with van der Waals surface area (Å²) < 4.78 is 2.31. The number of hydrogen-bond acceptors (Lipinski definition) is 2. The summed E-state index contributed by atoms with van der Waals surface area (Å²) in [6.07, 6.45) is 9.53. The van der Waals surface area contributed by atoms with Crippen LogP contribution in [0.2, 0.25) is 0 Å². The zero-order valence-corrected chi connectivity index (χ0v) is 11.3. The maximum Gasteiger partial charge on any atom is 0.111 e. The third-order valence-corrected chi connectivity index (χ3v) is 3.75. The first-order valence-corrected chi connectivity index (χ1v) is 6.94. The fourth-order valence-corrected chi connectivity index (χ4v) is 2.71. The van der Waals surface area contributed by atoms with Crippen molar-refractivity contribution in [3.8, 4) is 0 Å². The van der Waals surface area contributed by atoms with Gasteiger partial charge in [-0.2, -0.15) is 0 Å². The van der Waals surface area contributed by atoms with E-state index in [1.54, 1.807) is 0 Å². The van der Waals surface area contributed by atoms with E-state index in [1.165, 1.54) is 31.5 Å². The smallest absolute Gasteiger partial charge is 0.111 e. The maximum absolute atomic E-state index is 4.45. The molecule has 0 bridgehead atoms. The van der Waals surface area contributed by atoms with Crippen molar-refractivity contribution in [1.82, 2.24) is 14.9 Å². The van der Waals surface area contributed by atoms with E-state index in [0.29, 0.717) is 12.0 Å². The second-order valence-electron chi connectivity index (χ2n) is 5.59. The summed E-state index contributed by atoms with van der Waals surface area (Å²) in [5.74, 6) is 1.70. The second kappa shape index (κ2) is 5.67. The lowest BCUT2D eigenvalue weighted by molar-refractivity contribution is 0.427. The molecule has 0 amide bonds. The Labute approximate surface area is 105 Å². The molecule has 1 aromatic rings. The minimum Gasteiger partial charge on any atom is -0.331 e. The third-order valence-electron chi connectivity index (χ3n) is 3.75. The van der Waals surface area contributed by atoms with Crippen LogP contribution in [-0.4, -0.2) is 22.1 Å². The van der Waals surface area contributed by atoms with Crippen molar-refractivity contribution in [2.45, 2.75) is 64.5 Å². The minimum absolute atomic E-state index is 0.496. The van der Waals surface area contributed by atoms with Gasteiger partial charge in [0.05, 0.1) is 0 Å². The van der Waals surface area contributed by atoms with E-state index in [-0.39, 0.29) is 0 Å². The largest absolute Gasteiger partial charge is 0.331 e. The van der Waals surface area contributed by atoms with Gasteiger partial charge in [-0.25, -0.2) is 4.98 Å². The first kappa shape index (κ1) is 12.6. The fourth-order valence-electron chi connectivity index (χ4n) is 2.71. The van der Waals surface area contributed by atoms with E-state index in [2.05, 4.69) is 41.8 Å². The van der Waals surface area contributed by atoms with Crippen molar-refractivity contribution < 1.29 is 0 Å². The Balaban J connectivity index is 1.89. The lowest BCUT2D eigenvalue weighted by Crippen LogP contribution is -2.31. The lowest BCUT2D eigenvalue weighted by atomic mass is 10.2. The average Bonchev–Trinajstić information content (AvgIpc) is 2.96. The molecule has 2 rings (SSSR count). The first-order chi connectivity index (χ1) is 8.18. The molecule has 1 aliphatic carbocycles. The van der Waals surface area contributed by atoms with Crippen LogP contribution in [-0.2, 0) is 0 Å². The third kappa shape index (κ3) is 3.09. The van der Waals surface area contributed by atoms with Gasteiger partial charge in [-0.1, -0.05) is 26.7 Å². The molecule has 17 heavy (non-hydrogen) atoms. The van der Waals surface area contributed by atoms with Crippen LogP contribution in [0.25, 0.3) is 0 Å². The van der Waals surface area contributed by atoms with Crippen LogP contribution in [0.3, 0.4) is 0 Å². The zero-order chi connectivity index (χ0) is 12.3. The molecular weight excluding hydrogens is 210 g/mol. The van der Waals surface area contributed by atoms with Crippen molar-refractivity contribution in [2.75, 3.05) is 6.54 Å². The predicted molar refractivity (Wildman–Crippen MR) is 71.3 cm³/mol. The number of imidazole rings is 1. The van der Waals surface area contributed by atoms with Gasteiger partial charge in [0, 0.05) is 36.9 Å². The normalized spacial score (nSPS) is 19.1. The van der Waals surface area contributed by atoms with Crippen molar-refractivity contribution in [3.63, 3.8) is 0 Å². The van der Waals surface area contributed by atoms with E-state index < -0.39 is 0 Å². The molecule has 96 valence electrons. The zero-order valence-electron chi connectivity index (χ0n) is 11.3. The van der Waals surface area contributed by atoms with E-state index >= 15 is 0 Å². The van der Waals surface area contributed by atoms with Gasteiger partial charge in [0.2, 0.25) is 0 Å². The van der Waals surface area contributed by atoms with Gasteiger partial charge in [0.25, 0.3) is 0 Å². The van der Waals surface area contributed by atoms with Gasteiger partial charge in [-0.15, -0.1) is 0 Å². The first-order valence-electron chi connectivity index (χ1n) is 6.94. The van der Waals surface area contributed by atoms with Crippen LogP contribution in [0.4, 0.5) is 0 Å². The number of hydrogen-bond donors (Lipinski definition) is 1. The summed E-state index contributed by atoms with van der Waals surface area (Å²) in [5, 5.41) is 3.69. The summed E-state index contributed by atoms with van der Waals surface area (Å²) in [6, 6.07) is 1.25. The summed E-state index contributed by atoms with van der Waals surface area (Å²) in [4.78, 5) is 4.45. The van der Waals surface area contributed by atoms with Crippen molar-refractivity contribution >= 4 is 0 Å². The SMILES string of the molecule is CC(C)c1nccn1C(C)CNC1CCCC1. The molecule has 1 unspecified atom stereocenters. The quantitative estimate of drug-likeness (QED) is 0.850. The average molecular weight is 235 g/mol. The molecule has 0 aromatic carbocycles. The van der Waals surface area contributed by atoms with Crippen LogP contribution in [0, 0.1) is 0 Å². The highest BCUT2D eigenvalue weighted by Crippen LogP contribution is 2.20. The Hall–Kier alpha value is -0.830. The van der Waals surface area contributed by atoms with Crippen molar-refractivity contribution in [3.05, 3.63) is 18.2 Å². The Bertz CT molecular complexity index is 337. The van der Waals surface area contributed by atoms with Gasteiger partial charge in [0.1, 0.15) is 5.82 Å². The standard InChI is InChI=1S/C14H25N3/c1-11(2)14-15-8-9-17(14)12(3)10-16-13-6-4-5-7-13/h8-9,11-13,16H,4-7,10H2,1-3H3.